The number of halogens is 2. The molecule has 0 aliphatic rings. The molecule has 2 aromatic carbocycles. The number of hydrogen-bond acceptors (Lipinski definition) is 5. The Balaban J connectivity index is 2.45. The molecule has 2 aromatic rings. The Morgan fingerprint density at radius 3 is 2.27 bits per heavy atom. The highest BCUT2D eigenvalue weighted by Crippen LogP contribution is 2.31. The third kappa shape index (κ3) is 6.99. The average Bonchev–Trinajstić information content (AvgIpc) is 2.78. The molecule has 0 fully saturated rings. The Morgan fingerprint density at radius 1 is 1.12 bits per heavy atom. The van der Waals surface area contributed by atoms with Crippen LogP contribution < -0.4 is 14.4 Å². The van der Waals surface area contributed by atoms with Crippen molar-refractivity contribution in [3.63, 3.8) is 0 Å². The topological polar surface area (TPSA) is 96.0 Å². The van der Waals surface area contributed by atoms with Crippen LogP contribution >= 0.6 is 23.2 Å². The highest BCUT2D eigenvalue weighted by molar-refractivity contribution is 7.92. The molecule has 1 unspecified atom stereocenters. The number of likely N-dealkylation sites (N-methyl/N-ethyl adjacent to an activating group) is 1. The maximum atomic E-state index is 13.5. The zero-order valence-electron chi connectivity index (χ0n) is 18.8. The molecule has 33 heavy (non-hydrogen) atoms. The van der Waals surface area contributed by atoms with E-state index in [1.54, 1.807) is 38.3 Å². The predicted molar refractivity (Wildman–Crippen MR) is 130 cm³/mol. The summed E-state index contributed by atoms with van der Waals surface area (Å²) >= 11 is 12.3. The first kappa shape index (κ1) is 26.8. The van der Waals surface area contributed by atoms with Gasteiger partial charge in [-0.3, -0.25) is 13.9 Å². The first-order chi connectivity index (χ1) is 15.5. The van der Waals surface area contributed by atoms with Crippen molar-refractivity contribution in [1.29, 1.82) is 0 Å². The fourth-order valence-corrected chi connectivity index (χ4v) is 4.57. The fraction of sp³-hybridized carbons (Fsp3) is 0.364. The van der Waals surface area contributed by atoms with Crippen molar-refractivity contribution in [2.75, 3.05) is 31.3 Å². The second-order valence-corrected chi connectivity index (χ2v) is 10.0. The highest BCUT2D eigenvalue weighted by atomic mass is 35.5. The van der Waals surface area contributed by atoms with Crippen LogP contribution in [0.1, 0.15) is 18.9 Å². The van der Waals surface area contributed by atoms with Crippen LogP contribution in [0.25, 0.3) is 0 Å². The van der Waals surface area contributed by atoms with Crippen molar-refractivity contribution in [3.8, 4) is 5.75 Å². The van der Waals surface area contributed by atoms with Crippen LogP contribution in [0, 0.1) is 0 Å². The van der Waals surface area contributed by atoms with Crippen LogP contribution in [0.5, 0.6) is 5.75 Å². The molecule has 0 saturated heterocycles. The molecule has 11 heteroatoms. The van der Waals surface area contributed by atoms with Crippen LogP contribution in [-0.4, -0.2) is 58.1 Å². The van der Waals surface area contributed by atoms with Gasteiger partial charge < -0.3 is 15.0 Å². The maximum absolute atomic E-state index is 13.5. The number of ether oxygens (including phenoxy) is 1. The van der Waals surface area contributed by atoms with E-state index in [1.165, 1.54) is 30.1 Å². The Morgan fingerprint density at radius 2 is 1.76 bits per heavy atom. The summed E-state index contributed by atoms with van der Waals surface area (Å²) in [6.07, 6.45) is 1.31. The molecule has 0 aliphatic heterocycles. The average molecular weight is 516 g/mol. The molecule has 0 spiro atoms. The van der Waals surface area contributed by atoms with Crippen LogP contribution in [0.15, 0.2) is 42.5 Å². The number of carbonyl (C=O) groups excluding carboxylic acids is 2. The number of amides is 2. The van der Waals surface area contributed by atoms with Gasteiger partial charge in [-0.25, -0.2) is 8.42 Å². The molecule has 1 N–H and O–H groups in total. The first-order valence-electron chi connectivity index (χ1n) is 10.1. The zero-order valence-corrected chi connectivity index (χ0v) is 21.2. The van der Waals surface area contributed by atoms with Crippen molar-refractivity contribution in [2.24, 2.45) is 0 Å². The van der Waals surface area contributed by atoms with Gasteiger partial charge in [0.05, 0.1) is 24.1 Å². The van der Waals surface area contributed by atoms with Gasteiger partial charge in [-0.05, 0) is 42.3 Å². The van der Waals surface area contributed by atoms with E-state index in [9.17, 15) is 18.0 Å². The molecule has 2 amide bonds. The van der Waals surface area contributed by atoms with E-state index in [1.807, 2.05) is 0 Å². The molecule has 8 nitrogen and oxygen atoms in total. The quantitative estimate of drug-likeness (QED) is 0.523. The second-order valence-electron chi connectivity index (χ2n) is 7.27. The van der Waals surface area contributed by atoms with Crippen molar-refractivity contribution in [3.05, 3.63) is 58.1 Å². The molecule has 0 heterocycles. The normalized spacial score (nSPS) is 12.1. The van der Waals surface area contributed by atoms with Crippen LogP contribution in [0.4, 0.5) is 5.69 Å². The number of sulfonamides is 1. The molecular weight excluding hydrogens is 489 g/mol. The van der Waals surface area contributed by atoms with Gasteiger partial charge in [-0.1, -0.05) is 42.3 Å². The Bertz CT molecular complexity index is 1090. The molecule has 1 atom stereocenters. The van der Waals surface area contributed by atoms with Gasteiger partial charge in [0.25, 0.3) is 0 Å². The molecule has 0 aliphatic carbocycles. The summed E-state index contributed by atoms with van der Waals surface area (Å²) in [5.74, 6) is -0.275. The van der Waals surface area contributed by atoms with Gasteiger partial charge in [-0.2, -0.15) is 0 Å². The molecular formula is C22H27Cl2N3O5S. The van der Waals surface area contributed by atoms with Crippen LogP contribution in [0.3, 0.4) is 0 Å². The third-order valence-corrected chi connectivity index (χ3v) is 6.68. The predicted octanol–water partition coefficient (Wildman–Crippen LogP) is 3.32. The lowest BCUT2D eigenvalue weighted by atomic mass is 10.1. The summed E-state index contributed by atoms with van der Waals surface area (Å²) < 4.78 is 31.2. The van der Waals surface area contributed by atoms with Crippen molar-refractivity contribution in [2.45, 2.75) is 25.9 Å². The molecule has 2 rings (SSSR count). The lowest BCUT2D eigenvalue weighted by Crippen LogP contribution is -2.51. The fourth-order valence-electron chi connectivity index (χ4n) is 3.29. The van der Waals surface area contributed by atoms with Gasteiger partial charge in [0.15, 0.2) is 0 Å². The van der Waals surface area contributed by atoms with Gasteiger partial charge >= 0.3 is 0 Å². The largest absolute Gasteiger partial charge is 0.497 e. The van der Waals surface area contributed by atoms with E-state index in [0.717, 1.165) is 16.1 Å². The monoisotopic (exact) mass is 515 g/mol. The van der Waals surface area contributed by atoms with Crippen molar-refractivity contribution < 1.29 is 22.7 Å². The molecule has 0 bridgehead atoms. The summed E-state index contributed by atoms with van der Waals surface area (Å²) in [5, 5.41) is 2.95. The minimum absolute atomic E-state index is 0.0809. The van der Waals surface area contributed by atoms with Gasteiger partial charge in [-0.15, -0.1) is 0 Å². The number of nitrogens with zero attached hydrogens (tertiary/aromatic N) is 2. The SMILES string of the molecule is CCC(C(=O)NC)N(Cc1ccc(OC)cc1)C(=O)CN(c1cc(Cl)ccc1Cl)S(C)(=O)=O. The number of carbonyl (C=O) groups is 2. The zero-order chi connectivity index (χ0) is 24.8. The van der Waals surface area contributed by atoms with E-state index >= 15 is 0 Å². The Hall–Kier alpha value is -2.49. The van der Waals surface area contributed by atoms with Crippen molar-refractivity contribution >= 4 is 50.7 Å². The standard InChI is InChI=1S/C22H27Cl2N3O5S/c1-5-19(22(29)25-2)26(13-15-6-9-17(32-3)10-7-15)21(28)14-27(33(4,30)31)20-12-16(23)8-11-18(20)24/h6-12,19H,5,13-14H2,1-4H3,(H,25,29). The van der Waals surface area contributed by atoms with Gasteiger partial charge in [0, 0.05) is 18.6 Å². The van der Waals surface area contributed by atoms with E-state index in [4.69, 9.17) is 27.9 Å². The number of anilines is 1. The maximum Gasteiger partial charge on any atom is 0.244 e. The van der Waals surface area contributed by atoms with Crippen molar-refractivity contribution in [1.82, 2.24) is 10.2 Å². The Labute approximate surface area is 204 Å². The molecule has 180 valence electrons. The lowest BCUT2D eigenvalue weighted by Gasteiger charge is -2.32. The summed E-state index contributed by atoms with van der Waals surface area (Å²) in [5.41, 5.74) is 0.829. The number of benzene rings is 2. The summed E-state index contributed by atoms with van der Waals surface area (Å²) in [7, 11) is -0.873. The number of hydrogen-bond donors (Lipinski definition) is 1. The highest BCUT2D eigenvalue weighted by Gasteiger charge is 2.32. The lowest BCUT2D eigenvalue weighted by molar-refractivity contribution is -0.140. The molecule has 0 saturated carbocycles. The van der Waals surface area contributed by atoms with E-state index < -0.39 is 28.5 Å². The second kappa shape index (κ2) is 11.6. The van der Waals surface area contributed by atoms with Gasteiger partial charge in [0.2, 0.25) is 21.8 Å². The molecule has 0 aromatic heterocycles. The van der Waals surface area contributed by atoms with Crippen LogP contribution in [0.2, 0.25) is 10.0 Å². The van der Waals surface area contributed by atoms with E-state index in [-0.39, 0.29) is 28.2 Å². The van der Waals surface area contributed by atoms with E-state index in [2.05, 4.69) is 5.32 Å². The minimum Gasteiger partial charge on any atom is -0.497 e. The smallest absolute Gasteiger partial charge is 0.244 e. The number of nitrogens with one attached hydrogen (secondary N) is 1. The van der Waals surface area contributed by atoms with E-state index in [0.29, 0.717) is 12.2 Å². The third-order valence-electron chi connectivity index (χ3n) is 5.00. The number of rotatable bonds is 10. The number of methoxy groups -OCH3 is 1. The minimum atomic E-state index is -3.90. The first-order valence-corrected chi connectivity index (χ1v) is 12.7. The van der Waals surface area contributed by atoms with Gasteiger partial charge in [0.1, 0.15) is 18.3 Å². The summed E-state index contributed by atoms with van der Waals surface area (Å²) in [6, 6.07) is 10.6. The Kier molecular flexibility index (Phi) is 9.39. The summed E-state index contributed by atoms with van der Waals surface area (Å²) in [4.78, 5) is 27.4. The molecule has 0 radical (unpaired) electrons. The summed E-state index contributed by atoms with van der Waals surface area (Å²) in [6.45, 7) is 1.31. The van der Waals surface area contributed by atoms with Crippen LogP contribution in [-0.2, 0) is 26.2 Å².